The Hall–Kier alpha value is -0.130. The Bertz CT molecular complexity index is 367. The topological polar surface area (TPSA) is 58.2 Å². The molecule has 0 aromatic rings. The molecule has 0 aromatic carbocycles. The standard InChI is InChI=1S/C14H28N2O2S/c1-11-7-12(2)9-14(8-11)16-19(17,18)10-13-3-5-15-6-4-13/h11-16H,3-10H2,1-2H3. The predicted molar refractivity (Wildman–Crippen MR) is 78.5 cm³/mol. The number of rotatable bonds is 4. The summed E-state index contributed by atoms with van der Waals surface area (Å²) in [6.07, 6.45) is 5.19. The second kappa shape index (κ2) is 6.55. The van der Waals surface area contributed by atoms with Crippen LogP contribution in [-0.2, 0) is 10.0 Å². The van der Waals surface area contributed by atoms with Gasteiger partial charge in [-0.3, -0.25) is 0 Å². The molecule has 1 heterocycles. The molecule has 0 radical (unpaired) electrons. The molecule has 112 valence electrons. The van der Waals surface area contributed by atoms with Gasteiger partial charge < -0.3 is 5.32 Å². The summed E-state index contributed by atoms with van der Waals surface area (Å²) in [7, 11) is -3.11. The monoisotopic (exact) mass is 288 g/mol. The van der Waals surface area contributed by atoms with Gasteiger partial charge in [0.05, 0.1) is 5.75 Å². The summed E-state index contributed by atoms with van der Waals surface area (Å²) in [6.45, 7) is 6.36. The van der Waals surface area contributed by atoms with E-state index in [2.05, 4.69) is 23.9 Å². The van der Waals surface area contributed by atoms with E-state index in [0.29, 0.717) is 23.5 Å². The van der Waals surface area contributed by atoms with Gasteiger partial charge >= 0.3 is 0 Å². The SMILES string of the molecule is CC1CC(C)CC(NS(=O)(=O)CC2CCNCC2)C1. The number of nitrogens with one attached hydrogen (secondary N) is 2. The number of piperidine rings is 1. The maximum absolute atomic E-state index is 12.2. The maximum atomic E-state index is 12.2. The molecule has 2 aliphatic rings. The molecule has 19 heavy (non-hydrogen) atoms. The fraction of sp³-hybridized carbons (Fsp3) is 1.00. The van der Waals surface area contributed by atoms with Crippen molar-refractivity contribution in [3.63, 3.8) is 0 Å². The van der Waals surface area contributed by atoms with Crippen molar-refractivity contribution in [3.05, 3.63) is 0 Å². The molecule has 1 aliphatic heterocycles. The molecule has 0 bridgehead atoms. The van der Waals surface area contributed by atoms with Crippen molar-refractivity contribution in [1.29, 1.82) is 0 Å². The summed E-state index contributed by atoms with van der Waals surface area (Å²) in [5, 5.41) is 3.28. The average Bonchev–Trinajstić information content (AvgIpc) is 2.27. The number of hydrogen-bond donors (Lipinski definition) is 2. The zero-order valence-corrected chi connectivity index (χ0v) is 13.0. The Kier molecular flexibility index (Phi) is 5.26. The maximum Gasteiger partial charge on any atom is 0.212 e. The minimum atomic E-state index is -3.11. The molecule has 0 spiro atoms. The van der Waals surface area contributed by atoms with E-state index in [1.54, 1.807) is 0 Å². The van der Waals surface area contributed by atoms with Crippen molar-refractivity contribution in [2.75, 3.05) is 18.8 Å². The van der Waals surface area contributed by atoms with Gasteiger partial charge in [0.25, 0.3) is 0 Å². The number of sulfonamides is 1. The largest absolute Gasteiger partial charge is 0.317 e. The summed E-state index contributed by atoms with van der Waals surface area (Å²) < 4.78 is 27.5. The van der Waals surface area contributed by atoms with Crippen molar-refractivity contribution in [1.82, 2.24) is 10.0 Å². The third-order valence-corrected chi connectivity index (χ3v) is 6.04. The summed E-state index contributed by atoms with van der Waals surface area (Å²) in [4.78, 5) is 0. The molecule has 1 saturated carbocycles. The fourth-order valence-electron chi connectivity index (χ4n) is 3.70. The Labute approximate surface area is 117 Å². The summed E-state index contributed by atoms with van der Waals surface area (Å²) in [6, 6.07) is 0.158. The molecule has 2 N–H and O–H groups in total. The van der Waals surface area contributed by atoms with E-state index in [-0.39, 0.29) is 6.04 Å². The van der Waals surface area contributed by atoms with E-state index in [4.69, 9.17) is 0 Å². The van der Waals surface area contributed by atoms with Crippen LogP contribution in [0.1, 0.15) is 46.0 Å². The van der Waals surface area contributed by atoms with Crippen LogP contribution in [0, 0.1) is 17.8 Å². The van der Waals surface area contributed by atoms with Gasteiger partial charge in [0.1, 0.15) is 0 Å². The normalized spacial score (nSPS) is 34.3. The van der Waals surface area contributed by atoms with Crippen LogP contribution in [0.3, 0.4) is 0 Å². The highest BCUT2D eigenvalue weighted by Crippen LogP contribution is 2.29. The average molecular weight is 288 g/mol. The highest BCUT2D eigenvalue weighted by Gasteiger charge is 2.28. The highest BCUT2D eigenvalue weighted by molar-refractivity contribution is 7.89. The first kappa shape index (κ1) is 15.3. The molecule has 5 heteroatoms. The van der Waals surface area contributed by atoms with E-state index < -0.39 is 10.0 Å². The molecule has 2 unspecified atom stereocenters. The smallest absolute Gasteiger partial charge is 0.212 e. The van der Waals surface area contributed by atoms with Crippen LogP contribution < -0.4 is 10.0 Å². The molecule has 2 atom stereocenters. The molecule has 2 rings (SSSR count). The van der Waals surface area contributed by atoms with Crippen LogP contribution in [0.5, 0.6) is 0 Å². The van der Waals surface area contributed by atoms with E-state index in [1.165, 1.54) is 6.42 Å². The van der Waals surface area contributed by atoms with E-state index in [1.807, 2.05) is 0 Å². The minimum Gasteiger partial charge on any atom is -0.317 e. The lowest BCUT2D eigenvalue weighted by Gasteiger charge is -2.32. The van der Waals surface area contributed by atoms with Gasteiger partial charge in [0.2, 0.25) is 10.0 Å². The van der Waals surface area contributed by atoms with Crippen LogP contribution in [0.2, 0.25) is 0 Å². The zero-order valence-electron chi connectivity index (χ0n) is 12.2. The van der Waals surface area contributed by atoms with E-state index in [0.717, 1.165) is 38.8 Å². The first-order valence-electron chi connectivity index (χ1n) is 7.65. The fourth-order valence-corrected chi connectivity index (χ4v) is 5.45. The Morgan fingerprint density at radius 1 is 1.05 bits per heavy atom. The van der Waals surface area contributed by atoms with Crippen molar-refractivity contribution >= 4 is 10.0 Å². The predicted octanol–water partition coefficient (Wildman–Crippen LogP) is 1.73. The quantitative estimate of drug-likeness (QED) is 0.828. The van der Waals surface area contributed by atoms with Crippen LogP contribution in [0.25, 0.3) is 0 Å². The van der Waals surface area contributed by atoms with Gasteiger partial charge in [-0.2, -0.15) is 0 Å². The van der Waals surface area contributed by atoms with Crippen molar-refractivity contribution in [2.45, 2.75) is 52.0 Å². The minimum absolute atomic E-state index is 0.158. The Balaban J connectivity index is 1.85. The van der Waals surface area contributed by atoms with Crippen molar-refractivity contribution in [2.24, 2.45) is 17.8 Å². The first-order chi connectivity index (χ1) is 8.94. The van der Waals surface area contributed by atoms with Crippen LogP contribution in [0.4, 0.5) is 0 Å². The van der Waals surface area contributed by atoms with Crippen LogP contribution >= 0.6 is 0 Å². The van der Waals surface area contributed by atoms with Gasteiger partial charge in [-0.05, 0) is 62.9 Å². The van der Waals surface area contributed by atoms with Gasteiger partial charge in [0, 0.05) is 6.04 Å². The molecule has 2 fully saturated rings. The van der Waals surface area contributed by atoms with Gasteiger partial charge in [-0.1, -0.05) is 13.8 Å². The highest BCUT2D eigenvalue weighted by atomic mass is 32.2. The van der Waals surface area contributed by atoms with Crippen LogP contribution in [-0.4, -0.2) is 33.3 Å². The van der Waals surface area contributed by atoms with E-state index in [9.17, 15) is 8.42 Å². The molecule has 1 aliphatic carbocycles. The molecule has 0 aromatic heterocycles. The third-order valence-electron chi connectivity index (χ3n) is 4.44. The molecular weight excluding hydrogens is 260 g/mol. The Morgan fingerprint density at radius 3 is 2.21 bits per heavy atom. The lowest BCUT2D eigenvalue weighted by Crippen LogP contribution is -2.43. The molecule has 0 amide bonds. The summed E-state index contributed by atoms with van der Waals surface area (Å²) in [5.74, 6) is 1.91. The van der Waals surface area contributed by atoms with Gasteiger partial charge in [0.15, 0.2) is 0 Å². The molecule has 1 saturated heterocycles. The lowest BCUT2D eigenvalue weighted by molar-refractivity contribution is 0.257. The van der Waals surface area contributed by atoms with Gasteiger partial charge in [-0.15, -0.1) is 0 Å². The van der Waals surface area contributed by atoms with Crippen molar-refractivity contribution < 1.29 is 8.42 Å². The summed E-state index contributed by atoms with van der Waals surface area (Å²) >= 11 is 0. The number of hydrogen-bond acceptors (Lipinski definition) is 3. The zero-order chi connectivity index (χ0) is 13.9. The molecular formula is C14H28N2O2S. The third kappa shape index (κ3) is 5.04. The first-order valence-corrected chi connectivity index (χ1v) is 9.30. The lowest BCUT2D eigenvalue weighted by atomic mass is 9.81. The van der Waals surface area contributed by atoms with Crippen LogP contribution in [0.15, 0.2) is 0 Å². The van der Waals surface area contributed by atoms with Gasteiger partial charge in [-0.25, -0.2) is 13.1 Å². The van der Waals surface area contributed by atoms with E-state index >= 15 is 0 Å². The molecule has 4 nitrogen and oxygen atoms in total. The second-order valence-electron chi connectivity index (χ2n) is 6.71. The summed E-state index contributed by atoms with van der Waals surface area (Å²) in [5.41, 5.74) is 0. The van der Waals surface area contributed by atoms with Crippen molar-refractivity contribution in [3.8, 4) is 0 Å². The second-order valence-corrected chi connectivity index (χ2v) is 8.51. The Morgan fingerprint density at radius 2 is 1.63 bits per heavy atom.